The van der Waals surface area contributed by atoms with E-state index in [1.165, 1.54) is 5.56 Å². The van der Waals surface area contributed by atoms with E-state index in [0.717, 1.165) is 23.0 Å². The SMILES string of the molecule is CCCNC(c1cscc1Br)c1ccoc1Cl. The maximum Gasteiger partial charge on any atom is 0.198 e. The zero-order chi connectivity index (χ0) is 12.3. The molecular weight excluding hydrogens is 322 g/mol. The summed E-state index contributed by atoms with van der Waals surface area (Å²) in [6, 6.07) is 2.00. The average molecular weight is 335 g/mol. The Morgan fingerprint density at radius 1 is 1.47 bits per heavy atom. The summed E-state index contributed by atoms with van der Waals surface area (Å²) in [5.74, 6) is 0. The van der Waals surface area contributed by atoms with Crippen molar-refractivity contribution in [1.29, 1.82) is 0 Å². The van der Waals surface area contributed by atoms with Crippen LogP contribution in [0, 0.1) is 0 Å². The summed E-state index contributed by atoms with van der Waals surface area (Å²) in [6.07, 6.45) is 2.70. The molecule has 0 saturated heterocycles. The Morgan fingerprint density at radius 2 is 2.29 bits per heavy atom. The minimum Gasteiger partial charge on any atom is -0.453 e. The van der Waals surface area contributed by atoms with Gasteiger partial charge >= 0.3 is 0 Å². The largest absolute Gasteiger partial charge is 0.453 e. The standard InChI is InChI=1S/C12H13BrClNOS/c1-2-4-15-11(8-3-5-16-12(8)14)9-6-17-7-10(9)13/h3,5-7,11,15H,2,4H2,1H3. The second kappa shape index (κ2) is 6.05. The third-order valence-electron chi connectivity index (χ3n) is 2.51. The highest BCUT2D eigenvalue weighted by Crippen LogP contribution is 2.35. The molecule has 1 unspecified atom stereocenters. The number of halogens is 2. The lowest BCUT2D eigenvalue weighted by Crippen LogP contribution is -2.22. The quantitative estimate of drug-likeness (QED) is 0.846. The van der Waals surface area contributed by atoms with Crippen molar-refractivity contribution in [2.75, 3.05) is 6.54 Å². The molecule has 2 aromatic rings. The van der Waals surface area contributed by atoms with Gasteiger partial charge in [0, 0.05) is 15.4 Å². The van der Waals surface area contributed by atoms with Crippen LogP contribution in [0.15, 0.2) is 32.0 Å². The van der Waals surface area contributed by atoms with E-state index in [2.05, 4.69) is 38.9 Å². The van der Waals surface area contributed by atoms with Crippen LogP contribution in [0.5, 0.6) is 0 Å². The lowest BCUT2D eigenvalue weighted by Gasteiger charge is -2.17. The Kier molecular flexibility index (Phi) is 4.68. The number of hydrogen-bond donors (Lipinski definition) is 1. The monoisotopic (exact) mass is 333 g/mol. The van der Waals surface area contributed by atoms with Crippen LogP contribution >= 0.6 is 38.9 Å². The molecule has 2 aromatic heterocycles. The van der Waals surface area contributed by atoms with E-state index in [9.17, 15) is 0 Å². The van der Waals surface area contributed by atoms with Gasteiger partial charge in [0.05, 0.1) is 12.3 Å². The van der Waals surface area contributed by atoms with Crippen molar-refractivity contribution in [3.05, 3.63) is 43.9 Å². The van der Waals surface area contributed by atoms with Gasteiger partial charge in [-0.1, -0.05) is 6.92 Å². The number of rotatable bonds is 5. The van der Waals surface area contributed by atoms with Crippen molar-refractivity contribution < 1.29 is 4.42 Å². The van der Waals surface area contributed by atoms with Crippen LogP contribution < -0.4 is 5.32 Å². The highest BCUT2D eigenvalue weighted by molar-refractivity contribution is 9.10. The molecule has 0 fully saturated rings. The summed E-state index contributed by atoms with van der Waals surface area (Å²) in [5.41, 5.74) is 2.19. The van der Waals surface area contributed by atoms with Crippen LogP contribution in [0.1, 0.15) is 30.5 Å². The van der Waals surface area contributed by atoms with E-state index in [-0.39, 0.29) is 6.04 Å². The second-order valence-electron chi connectivity index (χ2n) is 3.71. The topological polar surface area (TPSA) is 25.2 Å². The molecule has 0 aliphatic heterocycles. The highest BCUT2D eigenvalue weighted by atomic mass is 79.9. The minimum atomic E-state index is 0.0850. The fourth-order valence-electron chi connectivity index (χ4n) is 1.68. The Balaban J connectivity index is 2.32. The Labute approximate surface area is 118 Å². The predicted molar refractivity (Wildman–Crippen MR) is 75.9 cm³/mol. The number of thiophene rings is 1. The normalized spacial score (nSPS) is 12.9. The second-order valence-corrected chi connectivity index (χ2v) is 5.65. The predicted octanol–water partition coefficient (Wildman–Crippen LogP) is 4.85. The van der Waals surface area contributed by atoms with Crippen LogP contribution in [-0.2, 0) is 0 Å². The molecule has 0 aliphatic carbocycles. The van der Waals surface area contributed by atoms with Gasteiger partial charge in [-0.05, 0) is 57.5 Å². The van der Waals surface area contributed by atoms with Crippen molar-refractivity contribution >= 4 is 38.9 Å². The minimum absolute atomic E-state index is 0.0850. The summed E-state index contributed by atoms with van der Waals surface area (Å²) in [4.78, 5) is 0. The maximum atomic E-state index is 6.06. The van der Waals surface area contributed by atoms with Gasteiger partial charge in [0.1, 0.15) is 0 Å². The molecule has 0 bridgehead atoms. The lowest BCUT2D eigenvalue weighted by atomic mass is 10.0. The molecule has 2 rings (SSSR count). The summed E-state index contributed by atoms with van der Waals surface area (Å²) >= 11 is 11.3. The molecule has 2 nitrogen and oxygen atoms in total. The molecule has 17 heavy (non-hydrogen) atoms. The molecule has 0 aromatic carbocycles. The molecule has 0 spiro atoms. The van der Waals surface area contributed by atoms with Gasteiger partial charge in [-0.15, -0.1) is 0 Å². The molecule has 2 heterocycles. The molecule has 1 N–H and O–H groups in total. The summed E-state index contributed by atoms with van der Waals surface area (Å²) in [6.45, 7) is 3.08. The number of furan rings is 1. The zero-order valence-corrected chi connectivity index (χ0v) is 12.5. The van der Waals surface area contributed by atoms with Gasteiger partial charge in [-0.25, -0.2) is 0 Å². The van der Waals surface area contributed by atoms with Gasteiger partial charge in [0.25, 0.3) is 0 Å². The van der Waals surface area contributed by atoms with Crippen molar-refractivity contribution in [2.45, 2.75) is 19.4 Å². The van der Waals surface area contributed by atoms with Gasteiger partial charge < -0.3 is 9.73 Å². The first kappa shape index (κ1) is 13.1. The molecule has 0 saturated carbocycles. The number of nitrogens with one attached hydrogen (secondary N) is 1. The third-order valence-corrected chi connectivity index (χ3v) is 4.57. The van der Waals surface area contributed by atoms with Crippen LogP contribution in [0.2, 0.25) is 5.22 Å². The first-order valence-electron chi connectivity index (χ1n) is 5.42. The molecule has 0 aliphatic rings. The smallest absolute Gasteiger partial charge is 0.198 e. The van der Waals surface area contributed by atoms with E-state index in [1.54, 1.807) is 17.6 Å². The van der Waals surface area contributed by atoms with Crippen LogP contribution in [0.4, 0.5) is 0 Å². The van der Waals surface area contributed by atoms with Crippen LogP contribution in [-0.4, -0.2) is 6.54 Å². The molecule has 5 heteroatoms. The van der Waals surface area contributed by atoms with E-state index < -0.39 is 0 Å². The van der Waals surface area contributed by atoms with E-state index in [0.29, 0.717) is 5.22 Å². The summed E-state index contributed by atoms with van der Waals surface area (Å²) in [5, 5.41) is 8.14. The maximum absolute atomic E-state index is 6.06. The van der Waals surface area contributed by atoms with Gasteiger partial charge in [0.2, 0.25) is 0 Å². The van der Waals surface area contributed by atoms with Crippen LogP contribution in [0.25, 0.3) is 0 Å². The van der Waals surface area contributed by atoms with Crippen molar-refractivity contribution in [2.24, 2.45) is 0 Å². The fraction of sp³-hybridized carbons (Fsp3) is 0.333. The van der Waals surface area contributed by atoms with Crippen molar-refractivity contribution in [3.8, 4) is 0 Å². The zero-order valence-electron chi connectivity index (χ0n) is 9.37. The fourth-order valence-corrected chi connectivity index (χ4v) is 3.46. The molecule has 92 valence electrons. The van der Waals surface area contributed by atoms with Gasteiger partial charge in [-0.2, -0.15) is 11.3 Å². The molecular formula is C12H13BrClNOS. The Bertz CT molecular complexity index is 442. The highest BCUT2D eigenvalue weighted by Gasteiger charge is 2.21. The van der Waals surface area contributed by atoms with E-state index in [1.807, 2.05) is 6.07 Å². The van der Waals surface area contributed by atoms with E-state index in [4.69, 9.17) is 16.0 Å². The first-order chi connectivity index (χ1) is 8.24. The third kappa shape index (κ3) is 2.94. The van der Waals surface area contributed by atoms with Gasteiger partial charge in [-0.3, -0.25) is 0 Å². The van der Waals surface area contributed by atoms with E-state index >= 15 is 0 Å². The van der Waals surface area contributed by atoms with Gasteiger partial charge in [0.15, 0.2) is 5.22 Å². The Morgan fingerprint density at radius 3 is 2.82 bits per heavy atom. The lowest BCUT2D eigenvalue weighted by molar-refractivity contribution is 0.550. The van der Waals surface area contributed by atoms with Crippen LogP contribution in [0.3, 0.4) is 0 Å². The number of hydrogen-bond acceptors (Lipinski definition) is 3. The molecule has 1 atom stereocenters. The van der Waals surface area contributed by atoms with Crippen molar-refractivity contribution in [1.82, 2.24) is 5.32 Å². The Hall–Kier alpha value is -0.290. The summed E-state index contributed by atoms with van der Waals surface area (Å²) < 4.78 is 6.28. The average Bonchev–Trinajstić information content (AvgIpc) is 2.90. The van der Waals surface area contributed by atoms with Crippen molar-refractivity contribution in [3.63, 3.8) is 0 Å². The first-order valence-corrected chi connectivity index (χ1v) is 7.53. The molecule has 0 radical (unpaired) electrons. The summed E-state index contributed by atoms with van der Waals surface area (Å²) in [7, 11) is 0. The molecule has 0 amide bonds.